The summed E-state index contributed by atoms with van der Waals surface area (Å²) in [6, 6.07) is 6.27. The van der Waals surface area contributed by atoms with Crippen molar-refractivity contribution in [2.45, 2.75) is 25.5 Å². The van der Waals surface area contributed by atoms with Crippen molar-refractivity contribution in [3.05, 3.63) is 35.6 Å². The zero-order chi connectivity index (χ0) is 13.7. The van der Waals surface area contributed by atoms with Crippen LogP contribution in [0.5, 0.6) is 0 Å². The second kappa shape index (κ2) is 8.19. The summed E-state index contributed by atoms with van der Waals surface area (Å²) in [5, 5.41) is 0. The smallest absolute Gasteiger partial charge is 0.236 e. The van der Waals surface area contributed by atoms with Gasteiger partial charge in [0, 0.05) is 19.7 Å². The van der Waals surface area contributed by atoms with Gasteiger partial charge in [0.25, 0.3) is 0 Å². The largest absolute Gasteiger partial charge is 0.376 e. The maximum Gasteiger partial charge on any atom is 0.236 e. The molecule has 1 aromatic carbocycles. The van der Waals surface area contributed by atoms with Gasteiger partial charge < -0.3 is 15.4 Å². The van der Waals surface area contributed by atoms with E-state index in [1.165, 1.54) is 12.1 Å². The first-order valence-corrected chi connectivity index (χ1v) is 6.53. The van der Waals surface area contributed by atoms with Crippen molar-refractivity contribution in [1.82, 2.24) is 4.90 Å². The summed E-state index contributed by atoms with van der Waals surface area (Å²) >= 11 is 0. The van der Waals surface area contributed by atoms with Crippen molar-refractivity contribution in [2.24, 2.45) is 5.73 Å². The van der Waals surface area contributed by atoms with Gasteiger partial charge in [0.05, 0.1) is 12.6 Å². The standard InChI is InChI=1S/C14H19FN2O2.ClH/c15-12-4-1-3-11(7-12)9-17(14(18)8-16)10-13-5-2-6-19-13;/h1,3-4,7,13H,2,5-6,8-10,16H2;1H. The van der Waals surface area contributed by atoms with E-state index in [1.54, 1.807) is 17.0 Å². The highest BCUT2D eigenvalue weighted by atomic mass is 35.5. The van der Waals surface area contributed by atoms with Gasteiger partial charge >= 0.3 is 0 Å². The highest BCUT2D eigenvalue weighted by Crippen LogP contribution is 2.15. The van der Waals surface area contributed by atoms with Crippen molar-refractivity contribution in [3.8, 4) is 0 Å². The second-order valence-electron chi connectivity index (χ2n) is 4.74. The molecule has 1 unspecified atom stereocenters. The molecule has 2 N–H and O–H groups in total. The average Bonchev–Trinajstić information content (AvgIpc) is 2.90. The molecule has 1 amide bonds. The normalized spacial score (nSPS) is 17.6. The number of rotatable bonds is 5. The van der Waals surface area contributed by atoms with Crippen molar-refractivity contribution < 1.29 is 13.9 Å². The lowest BCUT2D eigenvalue weighted by molar-refractivity contribution is -0.131. The third-order valence-electron chi connectivity index (χ3n) is 3.24. The lowest BCUT2D eigenvalue weighted by atomic mass is 10.1. The number of nitrogens with two attached hydrogens (primary N) is 1. The molecule has 6 heteroatoms. The zero-order valence-electron chi connectivity index (χ0n) is 11.3. The van der Waals surface area contributed by atoms with E-state index in [2.05, 4.69) is 0 Å². The van der Waals surface area contributed by atoms with Crippen LogP contribution in [-0.4, -0.2) is 36.6 Å². The van der Waals surface area contributed by atoms with Gasteiger partial charge in [-0.3, -0.25) is 4.79 Å². The molecule has 4 nitrogen and oxygen atoms in total. The molecular weight excluding hydrogens is 283 g/mol. The molecular formula is C14H20ClFN2O2. The number of amides is 1. The number of nitrogens with zero attached hydrogens (tertiary/aromatic N) is 1. The maximum atomic E-state index is 13.2. The Morgan fingerprint density at radius 3 is 2.90 bits per heavy atom. The summed E-state index contributed by atoms with van der Waals surface area (Å²) in [7, 11) is 0. The molecule has 0 bridgehead atoms. The van der Waals surface area contributed by atoms with Gasteiger partial charge in [0.1, 0.15) is 5.82 Å². The fourth-order valence-electron chi connectivity index (χ4n) is 2.27. The van der Waals surface area contributed by atoms with E-state index < -0.39 is 0 Å². The molecule has 1 aromatic rings. The Kier molecular flexibility index (Phi) is 6.91. The van der Waals surface area contributed by atoms with Crippen LogP contribution in [0.25, 0.3) is 0 Å². The van der Waals surface area contributed by atoms with E-state index >= 15 is 0 Å². The first-order valence-electron chi connectivity index (χ1n) is 6.53. The minimum atomic E-state index is -0.297. The zero-order valence-corrected chi connectivity index (χ0v) is 12.1. The van der Waals surface area contributed by atoms with Gasteiger partial charge in [0.2, 0.25) is 5.91 Å². The molecule has 0 aromatic heterocycles. The molecule has 20 heavy (non-hydrogen) atoms. The van der Waals surface area contributed by atoms with Gasteiger partial charge in [-0.25, -0.2) is 4.39 Å². The fourth-order valence-corrected chi connectivity index (χ4v) is 2.27. The minimum absolute atomic E-state index is 0. The van der Waals surface area contributed by atoms with Crippen molar-refractivity contribution in [1.29, 1.82) is 0 Å². The SMILES string of the molecule is Cl.NCC(=O)N(Cc1cccc(F)c1)CC1CCCO1. The molecule has 1 fully saturated rings. The van der Waals surface area contributed by atoms with Crippen molar-refractivity contribution >= 4 is 18.3 Å². The van der Waals surface area contributed by atoms with Gasteiger partial charge in [-0.05, 0) is 30.5 Å². The maximum absolute atomic E-state index is 13.2. The van der Waals surface area contributed by atoms with E-state index in [1.807, 2.05) is 0 Å². The summed E-state index contributed by atoms with van der Waals surface area (Å²) in [6.45, 7) is 1.59. The molecule has 2 rings (SSSR count). The van der Waals surface area contributed by atoms with Crippen molar-refractivity contribution in [2.75, 3.05) is 19.7 Å². The van der Waals surface area contributed by atoms with E-state index in [0.29, 0.717) is 13.1 Å². The number of halogens is 2. The monoisotopic (exact) mass is 302 g/mol. The van der Waals surface area contributed by atoms with Crippen LogP contribution in [0.3, 0.4) is 0 Å². The first kappa shape index (κ1) is 16.9. The van der Waals surface area contributed by atoms with Crippen LogP contribution in [0, 0.1) is 5.82 Å². The third-order valence-corrected chi connectivity index (χ3v) is 3.24. The van der Waals surface area contributed by atoms with Gasteiger partial charge in [-0.1, -0.05) is 12.1 Å². The van der Waals surface area contributed by atoms with E-state index in [9.17, 15) is 9.18 Å². The Balaban J connectivity index is 0.00000200. The van der Waals surface area contributed by atoms with Crippen LogP contribution in [0.1, 0.15) is 18.4 Å². The third kappa shape index (κ3) is 4.74. The molecule has 1 atom stereocenters. The predicted molar refractivity (Wildman–Crippen MR) is 77.1 cm³/mol. The van der Waals surface area contributed by atoms with Gasteiger partial charge in [0.15, 0.2) is 0 Å². The lowest BCUT2D eigenvalue weighted by Crippen LogP contribution is -2.40. The summed E-state index contributed by atoms with van der Waals surface area (Å²) in [4.78, 5) is 13.5. The highest BCUT2D eigenvalue weighted by Gasteiger charge is 2.22. The topological polar surface area (TPSA) is 55.6 Å². The van der Waals surface area contributed by atoms with Crippen LogP contribution in [0.15, 0.2) is 24.3 Å². The van der Waals surface area contributed by atoms with Gasteiger partial charge in [-0.2, -0.15) is 0 Å². The first-order chi connectivity index (χ1) is 9.19. The van der Waals surface area contributed by atoms with Crippen molar-refractivity contribution in [3.63, 3.8) is 0 Å². The molecule has 1 heterocycles. The summed E-state index contributed by atoms with van der Waals surface area (Å²) in [6.07, 6.45) is 2.05. The quantitative estimate of drug-likeness (QED) is 0.901. The van der Waals surface area contributed by atoms with Crippen LogP contribution >= 0.6 is 12.4 Å². The van der Waals surface area contributed by atoms with Crippen LogP contribution in [0.2, 0.25) is 0 Å². The molecule has 0 saturated carbocycles. The molecule has 1 aliphatic rings. The lowest BCUT2D eigenvalue weighted by Gasteiger charge is -2.25. The van der Waals surface area contributed by atoms with Crippen LogP contribution in [0.4, 0.5) is 4.39 Å². The summed E-state index contributed by atoms with van der Waals surface area (Å²) in [5.74, 6) is -0.436. The molecule has 1 aliphatic heterocycles. The highest BCUT2D eigenvalue weighted by molar-refractivity contribution is 5.85. The molecule has 112 valence electrons. The number of hydrogen-bond acceptors (Lipinski definition) is 3. The van der Waals surface area contributed by atoms with Gasteiger partial charge in [-0.15, -0.1) is 12.4 Å². The van der Waals surface area contributed by atoms with Crippen LogP contribution < -0.4 is 5.73 Å². The number of carbonyl (C=O) groups is 1. The Labute approximate surface area is 124 Å². The molecule has 1 saturated heterocycles. The Morgan fingerprint density at radius 2 is 2.30 bits per heavy atom. The van der Waals surface area contributed by atoms with E-state index in [0.717, 1.165) is 25.0 Å². The Bertz CT molecular complexity index is 439. The van der Waals surface area contributed by atoms with E-state index in [-0.39, 0.29) is 36.8 Å². The second-order valence-corrected chi connectivity index (χ2v) is 4.74. The predicted octanol–water partition coefficient (Wildman–Crippen LogP) is 1.71. The molecule has 0 radical (unpaired) electrons. The number of benzene rings is 1. The summed E-state index contributed by atoms with van der Waals surface area (Å²) in [5.41, 5.74) is 6.19. The summed E-state index contributed by atoms with van der Waals surface area (Å²) < 4.78 is 18.7. The Morgan fingerprint density at radius 1 is 1.50 bits per heavy atom. The number of ether oxygens (including phenoxy) is 1. The molecule has 0 aliphatic carbocycles. The van der Waals surface area contributed by atoms with Crippen LogP contribution in [-0.2, 0) is 16.1 Å². The fraction of sp³-hybridized carbons (Fsp3) is 0.500. The average molecular weight is 303 g/mol. The Hall–Kier alpha value is -1.17. The number of carbonyl (C=O) groups excluding carboxylic acids is 1. The number of hydrogen-bond donors (Lipinski definition) is 1. The minimum Gasteiger partial charge on any atom is -0.376 e. The molecule has 0 spiro atoms. The van der Waals surface area contributed by atoms with E-state index in [4.69, 9.17) is 10.5 Å².